The number of aliphatic carboxylic acids is 1. The lowest BCUT2D eigenvalue weighted by atomic mass is 10.3. The van der Waals surface area contributed by atoms with E-state index >= 15 is 0 Å². The van der Waals surface area contributed by atoms with Gasteiger partial charge in [-0.1, -0.05) is 6.08 Å². The van der Waals surface area contributed by atoms with Crippen LogP contribution in [0, 0.1) is 0 Å². The number of hydrogen-bond donors (Lipinski definition) is 2. The molecule has 0 heterocycles. The minimum atomic E-state index is -5.08. The van der Waals surface area contributed by atoms with E-state index in [-0.39, 0.29) is 12.0 Å². The van der Waals surface area contributed by atoms with Gasteiger partial charge in [0.05, 0.1) is 7.11 Å². The van der Waals surface area contributed by atoms with Crippen molar-refractivity contribution < 1.29 is 32.6 Å². The van der Waals surface area contributed by atoms with Crippen molar-refractivity contribution >= 4 is 11.9 Å². The number of alkyl halides is 3. The number of carbonyl (C=O) groups excluding carboxylic acids is 1. The van der Waals surface area contributed by atoms with Gasteiger partial charge in [-0.25, -0.2) is 9.59 Å². The SMILES string of the molecule is COC(=O)/C=C/[C@@H](C)N.O=C(O)C(F)(F)F. The van der Waals surface area contributed by atoms with Gasteiger partial charge in [0.25, 0.3) is 0 Å². The van der Waals surface area contributed by atoms with Crippen LogP contribution in [0.4, 0.5) is 13.2 Å². The van der Waals surface area contributed by atoms with Crippen molar-refractivity contribution in [1.82, 2.24) is 0 Å². The molecule has 0 aromatic rings. The molecule has 0 amide bonds. The summed E-state index contributed by atoms with van der Waals surface area (Å²) < 4.78 is 36.1. The Morgan fingerprint density at radius 1 is 1.44 bits per heavy atom. The number of carboxylic acids is 1. The van der Waals surface area contributed by atoms with Crippen molar-refractivity contribution in [3.05, 3.63) is 12.2 Å². The fourth-order valence-corrected chi connectivity index (χ4v) is 0.298. The van der Waals surface area contributed by atoms with E-state index in [0.717, 1.165) is 0 Å². The van der Waals surface area contributed by atoms with E-state index in [4.69, 9.17) is 15.6 Å². The first kappa shape index (κ1) is 16.8. The van der Waals surface area contributed by atoms with Crippen LogP contribution in [0.3, 0.4) is 0 Å². The quantitative estimate of drug-likeness (QED) is 0.550. The fourth-order valence-electron chi connectivity index (χ4n) is 0.298. The third-order valence-corrected chi connectivity index (χ3v) is 0.980. The van der Waals surface area contributed by atoms with Crippen LogP contribution >= 0.6 is 0 Å². The van der Waals surface area contributed by atoms with Crippen LogP contribution in [0.2, 0.25) is 0 Å². The lowest BCUT2D eigenvalue weighted by molar-refractivity contribution is -0.192. The Hall–Kier alpha value is -1.57. The maximum Gasteiger partial charge on any atom is 0.490 e. The monoisotopic (exact) mass is 243 g/mol. The summed E-state index contributed by atoms with van der Waals surface area (Å²) >= 11 is 0. The molecule has 0 aromatic heterocycles. The summed E-state index contributed by atoms with van der Waals surface area (Å²) in [6.07, 6.45) is -2.20. The first-order valence-electron chi connectivity index (χ1n) is 3.93. The van der Waals surface area contributed by atoms with Gasteiger partial charge in [-0.15, -0.1) is 0 Å². The van der Waals surface area contributed by atoms with Gasteiger partial charge in [-0.05, 0) is 6.92 Å². The van der Waals surface area contributed by atoms with E-state index in [1.165, 1.54) is 13.2 Å². The van der Waals surface area contributed by atoms with E-state index in [0.29, 0.717) is 0 Å². The number of halogens is 3. The molecule has 5 nitrogen and oxygen atoms in total. The van der Waals surface area contributed by atoms with Crippen molar-refractivity contribution in [2.24, 2.45) is 5.73 Å². The van der Waals surface area contributed by atoms with Gasteiger partial charge in [-0.2, -0.15) is 13.2 Å². The summed E-state index contributed by atoms with van der Waals surface area (Å²) in [5.74, 6) is -3.13. The normalized spacial score (nSPS) is 12.6. The highest BCUT2D eigenvalue weighted by molar-refractivity contribution is 5.81. The van der Waals surface area contributed by atoms with E-state index in [9.17, 15) is 18.0 Å². The Balaban J connectivity index is 0. The van der Waals surface area contributed by atoms with Gasteiger partial charge in [-0.3, -0.25) is 0 Å². The molecule has 0 aliphatic carbocycles. The minimum absolute atomic E-state index is 0.0934. The number of hydrogen-bond acceptors (Lipinski definition) is 4. The molecular weight excluding hydrogens is 231 g/mol. The molecule has 8 heteroatoms. The predicted molar refractivity (Wildman–Crippen MR) is 48.5 cm³/mol. The number of esters is 1. The van der Waals surface area contributed by atoms with Crippen LogP contribution in [0.1, 0.15) is 6.92 Å². The third kappa shape index (κ3) is 12.4. The van der Waals surface area contributed by atoms with Crippen LogP contribution in [-0.2, 0) is 14.3 Å². The number of ether oxygens (including phenoxy) is 1. The number of carboxylic acid groups (broad SMARTS) is 1. The van der Waals surface area contributed by atoms with Crippen molar-refractivity contribution in [2.45, 2.75) is 19.1 Å². The highest BCUT2D eigenvalue weighted by Gasteiger charge is 2.38. The van der Waals surface area contributed by atoms with E-state index < -0.39 is 12.1 Å². The molecule has 0 aliphatic heterocycles. The van der Waals surface area contributed by atoms with Gasteiger partial charge in [0.15, 0.2) is 0 Å². The molecule has 16 heavy (non-hydrogen) atoms. The second-order valence-corrected chi connectivity index (χ2v) is 2.54. The zero-order valence-electron chi connectivity index (χ0n) is 8.62. The molecule has 0 aliphatic rings. The zero-order valence-corrected chi connectivity index (χ0v) is 8.62. The Morgan fingerprint density at radius 2 is 1.81 bits per heavy atom. The van der Waals surface area contributed by atoms with Crippen molar-refractivity contribution in [3.63, 3.8) is 0 Å². The second kappa shape index (κ2) is 7.69. The number of nitrogens with two attached hydrogens (primary N) is 1. The number of rotatable bonds is 2. The van der Waals surface area contributed by atoms with Gasteiger partial charge in [0.1, 0.15) is 0 Å². The van der Waals surface area contributed by atoms with Crippen LogP contribution in [0.15, 0.2) is 12.2 Å². The van der Waals surface area contributed by atoms with Gasteiger partial charge in [0.2, 0.25) is 0 Å². The maximum atomic E-state index is 10.6. The summed E-state index contributed by atoms with van der Waals surface area (Å²) in [5, 5.41) is 7.12. The molecular formula is C8H12F3NO4. The molecule has 0 bridgehead atoms. The average molecular weight is 243 g/mol. The molecule has 0 unspecified atom stereocenters. The third-order valence-electron chi connectivity index (χ3n) is 0.980. The highest BCUT2D eigenvalue weighted by Crippen LogP contribution is 2.13. The minimum Gasteiger partial charge on any atom is -0.475 e. The molecule has 94 valence electrons. The molecule has 0 fully saturated rings. The summed E-state index contributed by atoms with van der Waals surface area (Å²) in [4.78, 5) is 19.2. The summed E-state index contributed by atoms with van der Waals surface area (Å²) in [5.41, 5.74) is 5.30. The largest absolute Gasteiger partial charge is 0.490 e. The molecule has 0 spiro atoms. The lowest BCUT2D eigenvalue weighted by Gasteiger charge is -1.93. The second-order valence-electron chi connectivity index (χ2n) is 2.54. The topological polar surface area (TPSA) is 89.6 Å². The molecule has 0 saturated heterocycles. The molecule has 3 N–H and O–H groups in total. The molecule has 0 rings (SSSR count). The van der Waals surface area contributed by atoms with E-state index in [1.54, 1.807) is 13.0 Å². The Morgan fingerprint density at radius 3 is 2.00 bits per heavy atom. The van der Waals surface area contributed by atoms with Gasteiger partial charge < -0.3 is 15.6 Å². The predicted octanol–water partition coefficient (Wildman–Crippen LogP) is 0.696. The van der Waals surface area contributed by atoms with Gasteiger partial charge in [0, 0.05) is 12.1 Å². The average Bonchev–Trinajstić information content (AvgIpc) is 2.13. The van der Waals surface area contributed by atoms with E-state index in [1.807, 2.05) is 0 Å². The molecule has 0 aromatic carbocycles. The first-order chi connectivity index (χ1) is 7.11. The van der Waals surface area contributed by atoms with Crippen LogP contribution in [0.25, 0.3) is 0 Å². The van der Waals surface area contributed by atoms with Crippen LogP contribution in [-0.4, -0.2) is 36.4 Å². The maximum absolute atomic E-state index is 10.6. The van der Waals surface area contributed by atoms with Crippen molar-refractivity contribution in [1.29, 1.82) is 0 Å². The lowest BCUT2D eigenvalue weighted by Crippen LogP contribution is -2.21. The number of carbonyl (C=O) groups is 2. The Labute approximate surface area is 89.7 Å². The Kier molecular flexibility index (Phi) is 8.09. The molecule has 1 atom stereocenters. The Bertz CT molecular complexity index is 260. The first-order valence-corrected chi connectivity index (χ1v) is 3.93. The van der Waals surface area contributed by atoms with Gasteiger partial charge >= 0.3 is 18.1 Å². The molecule has 0 saturated carbocycles. The summed E-state index contributed by atoms with van der Waals surface area (Å²) in [7, 11) is 1.33. The zero-order chi connectivity index (χ0) is 13.4. The van der Waals surface area contributed by atoms with Crippen LogP contribution in [0.5, 0.6) is 0 Å². The van der Waals surface area contributed by atoms with Crippen LogP contribution < -0.4 is 5.73 Å². The molecule has 0 radical (unpaired) electrons. The highest BCUT2D eigenvalue weighted by atomic mass is 19.4. The summed E-state index contributed by atoms with van der Waals surface area (Å²) in [6.45, 7) is 1.78. The smallest absolute Gasteiger partial charge is 0.475 e. The standard InChI is InChI=1S/C6H11NO2.C2HF3O2/c1-5(7)3-4-6(8)9-2;3-2(4,5)1(6)7/h3-5H,7H2,1-2H3;(H,6,7)/b4-3+;/t5-;/m1./s1. The van der Waals surface area contributed by atoms with E-state index in [2.05, 4.69) is 4.74 Å². The fraction of sp³-hybridized carbons (Fsp3) is 0.500. The number of methoxy groups -OCH3 is 1. The van der Waals surface area contributed by atoms with Crippen molar-refractivity contribution in [3.8, 4) is 0 Å². The summed E-state index contributed by atoms with van der Waals surface area (Å²) in [6, 6.07) is -0.0934. The van der Waals surface area contributed by atoms with Crippen molar-refractivity contribution in [2.75, 3.05) is 7.11 Å².